The molecular weight excluding hydrogens is 347 g/mol. The third-order valence-electron chi connectivity index (χ3n) is 3.92. The Bertz CT molecular complexity index is 897. The van der Waals surface area contributed by atoms with Gasteiger partial charge in [-0.1, -0.05) is 0 Å². The summed E-state index contributed by atoms with van der Waals surface area (Å²) in [6.45, 7) is 0.657. The molecule has 1 heterocycles. The third kappa shape index (κ3) is 3.58. The van der Waals surface area contributed by atoms with Gasteiger partial charge < -0.3 is 9.64 Å². The molecule has 0 spiro atoms. The first kappa shape index (κ1) is 17.2. The Hall–Kier alpha value is -2.61. The minimum atomic E-state index is -4.02. The number of hydrogen-bond acceptors (Lipinski definition) is 4. The Morgan fingerprint density at radius 2 is 1.88 bits per heavy atom. The fourth-order valence-corrected chi connectivity index (χ4v) is 3.94. The van der Waals surface area contributed by atoms with E-state index in [2.05, 4.69) is 4.72 Å². The summed E-state index contributed by atoms with van der Waals surface area (Å²) in [6.07, 6.45) is 1.33. The topological polar surface area (TPSA) is 75.7 Å². The van der Waals surface area contributed by atoms with Crippen molar-refractivity contribution in [3.63, 3.8) is 0 Å². The van der Waals surface area contributed by atoms with Crippen LogP contribution in [-0.2, 0) is 14.8 Å². The van der Waals surface area contributed by atoms with Gasteiger partial charge in [-0.3, -0.25) is 9.52 Å². The molecule has 25 heavy (non-hydrogen) atoms. The molecule has 3 rings (SSSR count). The van der Waals surface area contributed by atoms with Crippen molar-refractivity contribution in [2.45, 2.75) is 17.7 Å². The number of carbonyl (C=O) groups is 1. The van der Waals surface area contributed by atoms with Crippen molar-refractivity contribution in [2.75, 3.05) is 23.3 Å². The number of nitrogens with zero attached hydrogens (tertiary/aromatic N) is 1. The second-order valence-electron chi connectivity index (χ2n) is 5.60. The number of amides is 1. The van der Waals surface area contributed by atoms with Crippen LogP contribution in [0.5, 0.6) is 5.75 Å². The number of benzene rings is 2. The number of sulfonamides is 1. The molecule has 0 unspecified atom stereocenters. The largest absolute Gasteiger partial charge is 0.495 e. The minimum absolute atomic E-state index is 0.0492. The van der Waals surface area contributed by atoms with Gasteiger partial charge in [-0.25, -0.2) is 12.8 Å². The normalized spacial score (nSPS) is 14.6. The monoisotopic (exact) mass is 364 g/mol. The lowest BCUT2D eigenvalue weighted by molar-refractivity contribution is -0.117. The Balaban J connectivity index is 1.84. The second kappa shape index (κ2) is 6.72. The van der Waals surface area contributed by atoms with E-state index >= 15 is 0 Å². The van der Waals surface area contributed by atoms with Crippen molar-refractivity contribution in [3.8, 4) is 5.75 Å². The maximum atomic E-state index is 13.4. The molecule has 0 aliphatic carbocycles. The van der Waals surface area contributed by atoms with Crippen LogP contribution < -0.4 is 14.4 Å². The number of methoxy groups -OCH3 is 1. The predicted octanol–water partition coefficient (Wildman–Crippen LogP) is 2.76. The van der Waals surface area contributed by atoms with Crippen LogP contribution in [0.2, 0.25) is 0 Å². The van der Waals surface area contributed by atoms with Gasteiger partial charge in [0.2, 0.25) is 5.91 Å². The summed E-state index contributed by atoms with van der Waals surface area (Å²) in [5.41, 5.74) is 1.02. The molecule has 1 amide bonds. The van der Waals surface area contributed by atoms with Crippen LogP contribution in [0, 0.1) is 5.82 Å². The lowest BCUT2D eigenvalue weighted by Crippen LogP contribution is -2.23. The number of ether oxygens (including phenoxy) is 1. The maximum Gasteiger partial charge on any atom is 0.265 e. The van der Waals surface area contributed by atoms with Gasteiger partial charge in [-0.05, 0) is 48.9 Å². The number of halogens is 1. The maximum absolute atomic E-state index is 13.4. The van der Waals surface area contributed by atoms with Crippen molar-refractivity contribution in [2.24, 2.45) is 0 Å². The molecule has 2 aromatic rings. The molecule has 132 valence electrons. The van der Waals surface area contributed by atoms with Gasteiger partial charge >= 0.3 is 0 Å². The van der Waals surface area contributed by atoms with Crippen LogP contribution in [0.25, 0.3) is 0 Å². The number of anilines is 2. The Labute approximate surface area is 145 Å². The van der Waals surface area contributed by atoms with Gasteiger partial charge in [-0.15, -0.1) is 0 Å². The molecule has 1 aliphatic rings. The SMILES string of the molecule is COc1ccc(F)cc1S(=O)(=O)Nc1ccc(N2CCCC2=O)cc1. The molecule has 0 radical (unpaired) electrons. The summed E-state index contributed by atoms with van der Waals surface area (Å²) in [5, 5.41) is 0. The highest BCUT2D eigenvalue weighted by atomic mass is 32.2. The highest BCUT2D eigenvalue weighted by Gasteiger charge is 2.23. The van der Waals surface area contributed by atoms with Crippen LogP contribution in [0.4, 0.5) is 15.8 Å². The summed E-state index contributed by atoms with van der Waals surface area (Å²) in [4.78, 5) is 13.1. The van der Waals surface area contributed by atoms with E-state index in [1.807, 2.05) is 0 Å². The van der Waals surface area contributed by atoms with E-state index in [9.17, 15) is 17.6 Å². The van der Waals surface area contributed by atoms with Gasteiger partial charge in [0, 0.05) is 24.3 Å². The van der Waals surface area contributed by atoms with Crippen molar-refractivity contribution >= 4 is 27.3 Å². The molecule has 1 aliphatic heterocycles. The number of nitrogens with one attached hydrogen (secondary N) is 1. The van der Waals surface area contributed by atoms with Gasteiger partial charge in [0.25, 0.3) is 10.0 Å². The van der Waals surface area contributed by atoms with Crippen LogP contribution in [0.1, 0.15) is 12.8 Å². The van der Waals surface area contributed by atoms with Crippen LogP contribution in [0.15, 0.2) is 47.4 Å². The van der Waals surface area contributed by atoms with Crippen molar-refractivity contribution in [3.05, 3.63) is 48.3 Å². The zero-order valence-electron chi connectivity index (χ0n) is 13.5. The van der Waals surface area contributed by atoms with E-state index in [1.54, 1.807) is 29.2 Å². The quantitative estimate of drug-likeness (QED) is 0.885. The minimum Gasteiger partial charge on any atom is -0.495 e. The average molecular weight is 364 g/mol. The van der Waals surface area contributed by atoms with E-state index in [-0.39, 0.29) is 16.6 Å². The fraction of sp³-hybridized carbons (Fsp3) is 0.235. The molecule has 6 nitrogen and oxygen atoms in total. The van der Waals surface area contributed by atoms with Gasteiger partial charge in [0.05, 0.1) is 7.11 Å². The third-order valence-corrected chi connectivity index (χ3v) is 5.32. The molecule has 1 fully saturated rings. The lowest BCUT2D eigenvalue weighted by atomic mass is 10.2. The molecule has 0 atom stereocenters. The zero-order valence-corrected chi connectivity index (χ0v) is 14.3. The van der Waals surface area contributed by atoms with E-state index in [0.717, 1.165) is 18.6 Å². The Kier molecular flexibility index (Phi) is 4.63. The average Bonchev–Trinajstić information content (AvgIpc) is 3.01. The van der Waals surface area contributed by atoms with Crippen LogP contribution in [-0.4, -0.2) is 28.0 Å². The van der Waals surface area contributed by atoms with E-state index in [1.165, 1.54) is 13.2 Å². The molecule has 2 aromatic carbocycles. The predicted molar refractivity (Wildman–Crippen MR) is 91.8 cm³/mol. The summed E-state index contributed by atoms with van der Waals surface area (Å²) < 4.78 is 45.8. The van der Waals surface area contributed by atoms with E-state index < -0.39 is 15.8 Å². The van der Waals surface area contributed by atoms with Crippen molar-refractivity contribution < 1.29 is 22.3 Å². The highest BCUT2D eigenvalue weighted by Crippen LogP contribution is 2.28. The molecule has 8 heteroatoms. The number of carbonyl (C=O) groups excluding carboxylic acids is 1. The summed E-state index contributed by atoms with van der Waals surface area (Å²) in [5.74, 6) is -0.574. The van der Waals surface area contributed by atoms with Gasteiger partial charge in [0.1, 0.15) is 16.5 Å². The summed E-state index contributed by atoms with van der Waals surface area (Å²) in [7, 11) is -2.70. The standard InChI is InChI=1S/C17H17FN2O4S/c1-24-15-9-4-12(18)11-16(15)25(22,23)19-13-5-7-14(8-6-13)20-10-2-3-17(20)21/h4-9,11,19H,2-3,10H2,1H3. The van der Waals surface area contributed by atoms with Crippen LogP contribution >= 0.6 is 0 Å². The molecule has 0 bridgehead atoms. The van der Waals surface area contributed by atoms with Crippen molar-refractivity contribution in [1.82, 2.24) is 0 Å². The Morgan fingerprint density at radius 1 is 1.16 bits per heavy atom. The van der Waals surface area contributed by atoms with Gasteiger partial charge in [0.15, 0.2) is 0 Å². The highest BCUT2D eigenvalue weighted by molar-refractivity contribution is 7.92. The Morgan fingerprint density at radius 3 is 2.48 bits per heavy atom. The molecule has 1 saturated heterocycles. The lowest BCUT2D eigenvalue weighted by Gasteiger charge is -2.16. The summed E-state index contributed by atoms with van der Waals surface area (Å²) in [6, 6.07) is 9.74. The van der Waals surface area contributed by atoms with E-state index in [0.29, 0.717) is 24.3 Å². The fourth-order valence-electron chi connectivity index (χ4n) is 2.70. The van der Waals surface area contributed by atoms with Crippen molar-refractivity contribution in [1.29, 1.82) is 0 Å². The first-order valence-electron chi connectivity index (χ1n) is 7.67. The second-order valence-corrected chi connectivity index (χ2v) is 7.25. The smallest absolute Gasteiger partial charge is 0.265 e. The molecule has 1 N–H and O–H groups in total. The van der Waals surface area contributed by atoms with Gasteiger partial charge in [-0.2, -0.15) is 0 Å². The molecule has 0 aromatic heterocycles. The first-order valence-corrected chi connectivity index (χ1v) is 9.16. The molecular formula is C17H17FN2O4S. The number of hydrogen-bond donors (Lipinski definition) is 1. The summed E-state index contributed by atoms with van der Waals surface area (Å²) >= 11 is 0. The molecule has 0 saturated carbocycles. The first-order chi connectivity index (χ1) is 11.9. The van der Waals surface area contributed by atoms with E-state index in [4.69, 9.17) is 4.74 Å². The number of rotatable bonds is 5. The van der Waals surface area contributed by atoms with Crippen LogP contribution in [0.3, 0.4) is 0 Å². The zero-order chi connectivity index (χ0) is 18.0.